The van der Waals surface area contributed by atoms with Crippen LogP contribution in [0.4, 0.5) is 4.39 Å². The highest BCUT2D eigenvalue weighted by Crippen LogP contribution is 2.38. The van der Waals surface area contributed by atoms with Crippen molar-refractivity contribution >= 4 is 33.9 Å². The molecule has 0 aliphatic carbocycles. The average Bonchev–Trinajstić information content (AvgIpc) is 3.13. The number of methoxy groups -OCH3 is 1. The lowest BCUT2D eigenvalue weighted by molar-refractivity contribution is -0.129. The Morgan fingerprint density at radius 3 is 2.69 bits per heavy atom. The molecule has 1 aliphatic heterocycles. The number of ether oxygens (including phenoxy) is 3. The fourth-order valence-corrected chi connectivity index (χ4v) is 3.81. The van der Waals surface area contributed by atoms with Gasteiger partial charge in [0.25, 0.3) is 0 Å². The molecule has 0 saturated carbocycles. The number of hydrogen-bond acceptors (Lipinski definition) is 5. The molecule has 3 aromatic rings. The molecule has 4 rings (SSSR count). The van der Waals surface area contributed by atoms with E-state index in [0.717, 1.165) is 11.1 Å². The number of carbonyl (C=O) groups is 1. The Kier molecular flexibility index (Phi) is 6.37. The number of aryl methyl sites for hydroxylation is 1. The van der Waals surface area contributed by atoms with Crippen LogP contribution in [0.3, 0.4) is 0 Å². The third-order valence-corrected chi connectivity index (χ3v) is 5.41. The van der Waals surface area contributed by atoms with Crippen molar-refractivity contribution in [1.29, 1.82) is 0 Å². The lowest BCUT2D eigenvalue weighted by Gasteiger charge is -2.13. The Hall–Kier alpha value is -3.45. The fraction of sp³-hybridized carbons (Fsp3) is 0.120. The van der Waals surface area contributed by atoms with Crippen molar-refractivity contribution in [2.24, 2.45) is 4.99 Å². The van der Waals surface area contributed by atoms with Crippen LogP contribution < -0.4 is 9.47 Å². The van der Waals surface area contributed by atoms with E-state index in [1.165, 1.54) is 19.2 Å². The Balaban J connectivity index is 1.60. The second kappa shape index (κ2) is 9.36. The maximum atomic E-state index is 13.4. The van der Waals surface area contributed by atoms with Crippen molar-refractivity contribution in [2.45, 2.75) is 13.5 Å². The molecule has 0 aromatic heterocycles. The van der Waals surface area contributed by atoms with Gasteiger partial charge in [-0.05, 0) is 76.0 Å². The van der Waals surface area contributed by atoms with Gasteiger partial charge in [0.1, 0.15) is 12.4 Å². The van der Waals surface area contributed by atoms with Gasteiger partial charge in [-0.15, -0.1) is 0 Å². The first kappa shape index (κ1) is 21.8. The van der Waals surface area contributed by atoms with Crippen LogP contribution in [0.5, 0.6) is 11.5 Å². The minimum absolute atomic E-state index is 0.170. The predicted molar refractivity (Wildman–Crippen MR) is 123 cm³/mol. The van der Waals surface area contributed by atoms with Gasteiger partial charge in [0, 0.05) is 5.56 Å². The molecule has 1 aliphatic rings. The van der Waals surface area contributed by atoms with Gasteiger partial charge in [-0.3, -0.25) is 0 Å². The van der Waals surface area contributed by atoms with Crippen molar-refractivity contribution in [2.75, 3.05) is 7.11 Å². The number of cyclic esters (lactones) is 1. The topological polar surface area (TPSA) is 57.1 Å². The molecule has 0 spiro atoms. The number of aliphatic imine (C=N–C) groups is 1. The van der Waals surface area contributed by atoms with Crippen LogP contribution in [0, 0.1) is 12.7 Å². The van der Waals surface area contributed by atoms with E-state index in [2.05, 4.69) is 20.9 Å². The summed E-state index contributed by atoms with van der Waals surface area (Å²) in [6, 6.07) is 17.3. The van der Waals surface area contributed by atoms with Gasteiger partial charge in [0.2, 0.25) is 5.90 Å². The van der Waals surface area contributed by atoms with Gasteiger partial charge >= 0.3 is 5.97 Å². The van der Waals surface area contributed by atoms with E-state index < -0.39 is 5.97 Å². The van der Waals surface area contributed by atoms with E-state index >= 15 is 0 Å². The molecular weight excluding hydrogens is 477 g/mol. The predicted octanol–water partition coefficient (Wildman–Crippen LogP) is 5.83. The number of esters is 1. The van der Waals surface area contributed by atoms with Gasteiger partial charge in [0.05, 0.1) is 11.6 Å². The van der Waals surface area contributed by atoms with E-state index in [0.29, 0.717) is 27.1 Å². The summed E-state index contributed by atoms with van der Waals surface area (Å²) in [5.74, 6) is 0.354. The second-order valence-electron chi connectivity index (χ2n) is 7.10. The van der Waals surface area contributed by atoms with E-state index in [9.17, 15) is 9.18 Å². The van der Waals surface area contributed by atoms with Gasteiger partial charge < -0.3 is 14.2 Å². The molecule has 3 aromatic carbocycles. The largest absolute Gasteiger partial charge is 0.493 e. The first-order valence-corrected chi connectivity index (χ1v) is 10.6. The van der Waals surface area contributed by atoms with E-state index in [1.807, 2.05) is 31.2 Å². The van der Waals surface area contributed by atoms with E-state index in [4.69, 9.17) is 14.2 Å². The lowest BCUT2D eigenvalue weighted by atomic mass is 10.1. The summed E-state index contributed by atoms with van der Waals surface area (Å²) in [5.41, 5.74) is 3.28. The lowest BCUT2D eigenvalue weighted by Crippen LogP contribution is -2.06. The molecule has 0 atom stereocenters. The quantitative estimate of drug-likeness (QED) is 0.319. The highest BCUT2D eigenvalue weighted by molar-refractivity contribution is 9.10. The van der Waals surface area contributed by atoms with Gasteiger partial charge in [-0.2, -0.15) is 0 Å². The summed E-state index contributed by atoms with van der Waals surface area (Å²) in [6.45, 7) is 2.10. The number of benzene rings is 3. The first-order chi connectivity index (χ1) is 15.4. The molecule has 0 amide bonds. The van der Waals surface area contributed by atoms with Gasteiger partial charge in [-0.1, -0.05) is 30.3 Å². The van der Waals surface area contributed by atoms with Crippen molar-refractivity contribution in [3.8, 4) is 11.5 Å². The number of carbonyl (C=O) groups excluding carboxylic acids is 1. The summed E-state index contributed by atoms with van der Waals surface area (Å²) in [7, 11) is 1.52. The zero-order valence-corrected chi connectivity index (χ0v) is 19.0. The molecule has 0 radical (unpaired) electrons. The third-order valence-electron chi connectivity index (χ3n) is 4.82. The standard InChI is InChI=1S/C25H19BrFNO4/c1-15-6-3-4-9-19(15)24-28-21(25(29)32-24)12-17-11-20(26)23(22(13-17)30-2)31-14-16-7-5-8-18(27)10-16/h3-13H,14H2,1-2H3/b21-12-. The third kappa shape index (κ3) is 4.73. The number of halogens is 2. The Morgan fingerprint density at radius 1 is 1.12 bits per heavy atom. The van der Waals surface area contributed by atoms with Crippen LogP contribution in [-0.2, 0) is 16.1 Å². The molecule has 0 saturated heterocycles. The summed E-state index contributed by atoms with van der Waals surface area (Å²) in [6.07, 6.45) is 1.62. The molecule has 0 unspecified atom stereocenters. The summed E-state index contributed by atoms with van der Waals surface area (Å²) in [5, 5.41) is 0. The summed E-state index contributed by atoms with van der Waals surface area (Å²) < 4.78 is 30.7. The van der Waals surface area contributed by atoms with Crippen LogP contribution in [0.25, 0.3) is 6.08 Å². The minimum Gasteiger partial charge on any atom is -0.493 e. The number of hydrogen-bond donors (Lipinski definition) is 0. The maximum Gasteiger partial charge on any atom is 0.363 e. The van der Waals surface area contributed by atoms with Gasteiger partial charge in [-0.25, -0.2) is 14.2 Å². The summed E-state index contributed by atoms with van der Waals surface area (Å²) in [4.78, 5) is 16.7. The van der Waals surface area contributed by atoms with Crippen molar-refractivity contribution in [1.82, 2.24) is 0 Å². The highest BCUT2D eigenvalue weighted by Gasteiger charge is 2.25. The Labute approximate surface area is 193 Å². The van der Waals surface area contributed by atoms with Crippen LogP contribution in [0.15, 0.2) is 75.8 Å². The molecular formula is C25H19BrFNO4. The molecule has 0 bridgehead atoms. The molecule has 1 heterocycles. The maximum absolute atomic E-state index is 13.4. The van der Waals surface area contributed by atoms with E-state index in [-0.39, 0.29) is 24.0 Å². The molecule has 0 fully saturated rings. The zero-order valence-electron chi connectivity index (χ0n) is 17.4. The molecule has 162 valence electrons. The Bertz CT molecular complexity index is 1250. The molecule has 0 N–H and O–H groups in total. The first-order valence-electron chi connectivity index (χ1n) is 9.78. The zero-order chi connectivity index (χ0) is 22.7. The van der Waals surface area contributed by atoms with Crippen molar-refractivity contribution < 1.29 is 23.4 Å². The minimum atomic E-state index is -0.523. The highest BCUT2D eigenvalue weighted by atomic mass is 79.9. The number of rotatable bonds is 6. The molecule has 32 heavy (non-hydrogen) atoms. The number of nitrogens with zero attached hydrogens (tertiary/aromatic N) is 1. The van der Waals surface area contributed by atoms with Crippen LogP contribution >= 0.6 is 15.9 Å². The molecule has 5 nitrogen and oxygen atoms in total. The SMILES string of the molecule is COc1cc(/C=C2\N=C(c3ccccc3C)OC2=O)cc(Br)c1OCc1cccc(F)c1. The van der Waals surface area contributed by atoms with Crippen LogP contribution in [0.1, 0.15) is 22.3 Å². The van der Waals surface area contributed by atoms with Crippen LogP contribution in [-0.4, -0.2) is 19.0 Å². The van der Waals surface area contributed by atoms with Crippen molar-refractivity contribution in [3.63, 3.8) is 0 Å². The second-order valence-corrected chi connectivity index (χ2v) is 7.96. The fourth-order valence-electron chi connectivity index (χ4n) is 3.24. The van der Waals surface area contributed by atoms with Crippen LogP contribution in [0.2, 0.25) is 0 Å². The average molecular weight is 496 g/mol. The normalized spacial score (nSPS) is 14.3. The smallest absolute Gasteiger partial charge is 0.363 e. The molecule has 7 heteroatoms. The van der Waals surface area contributed by atoms with Gasteiger partial charge in [0.15, 0.2) is 17.2 Å². The summed E-state index contributed by atoms with van der Waals surface area (Å²) >= 11 is 3.49. The Morgan fingerprint density at radius 2 is 1.94 bits per heavy atom. The monoisotopic (exact) mass is 495 g/mol. The van der Waals surface area contributed by atoms with Crippen molar-refractivity contribution in [3.05, 3.63) is 98.9 Å². The van der Waals surface area contributed by atoms with E-state index in [1.54, 1.807) is 30.3 Å².